The van der Waals surface area contributed by atoms with Crippen molar-refractivity contribution < 1.29 is 12.4 Å². The molecule has 0 atom stereocenters. The van der Waals surface area contributed by atoms with Gasteiger partial charge in [-0.15, -0.1) is 5.10 Å². The molecule has 4 rings (SSSR count). The summed E-state index contributed by atoms with van der Waals surface area (Å²) in [5.41, 5.74) is 3.10. The number of halogens is 1. The van der Waals surface area contributed by atoms with Gasteiger partial charge in [-0.2, -0.15) is 10.2 Å². The lowest BCUT2D eigenvalue weighted by molar-refractivity contribution is -0.00000441. The Morgan fingerprint density at radius 3 is 1.54 bits per heavy atom. The summed E-state index contributed by atoms with van der Waals surface area (Å²) in [6.45, 7) is 0. The average Bonchev–Trinajstić information content (AvgIpc) is 3.09. The van der Waals surface area contributed by atoms with Gasteiger partial charge in [-0.25, -0.2) is 5.01 Å². The van der Waals surface area contributed by atoms with Gasteiger partial charge in [-0.1, -0.05) is 54.6 Å². The van der Waals surface area contributed by atoms with Crippen molar-refractivity contribution in [3.63, 3.8) is 0 Å². The minimum absolute atomic E-state index is 0. The molecule has 3 aromatic rings. The van der Waals surface area contributed by atoms with Crippen molar-refractivity contribution in [3.8, 4) is 0 Å². The van der Waals surface area contributed by atoms with E-state index in [4.69, 9.17) is 0 Å². The largest absolute Gasteiger partial charge is 0.220 e. The van der Waals surface area contributed by atoms with E-state index in [2.05, 4.69) is 29.4 Å². The second-order valence-electron chi connectivity index (χ2n) is 5.16. The predicted octanol–water partition coefficient (Wildman–Crippen LogP) is 3.76. The van der Waals surface area contributed by atoms with Crippen LogP contribution in [0.15, 0.2) is 96.1 Å². The zero-order chi connectivity index (χ0) is 15.5. The maximum Gasteiger partial charge on any atom is 0.140 e. The van der Waals surface area contributed by atoms with Crippen molar-refractivity contribution in [1.82, 2.24) is 0 Å². The van der Waals surface area contributed by atoms with E-state index in [9.17, 15) is 0 Å². The molecule has 0 spiro atoms. The highest BCUT2D eigenvalue weighted by Crippen LogP contribution is 2.30. The Labute approximate surface area is 147 Å². The summed E-state index contributed by atoms with van der Waals surface area (Å²) in [7, 11) is 0. The van der Waals surface area contributed by atoms with Gasteiger partial charge in [-0.3, -0.25) is 0 Å². The van der Waals surface area contributed by atoms with Gasteiger partial charge in [0.05, 0.1) is 29.5 Å². The third-order valence-electron chi connectivity index (χ3n) is 3.65. The van der Waals surface area contributed by atoms with Gasteiger partial charge in [0.2, 0.25) is 0 Å². The van der Waals surface area contributed by atoms with Crippen LogP contribution in [0.25, 0.3) is 0 Å². The van der Waals surface area contributed by atoms with Crippen molar-refractivity contribution in [2.75, 3.05) is 15.2 Å². The highest BCUT2D eigenvalue weighted by molar-refractivity contribution is 5.88. The highest BCUT2D eigenvalue weighted by atomic mass is 35.5. The summed E-state index contributed by atoms with van der Waals surface area (Å²) in [5, 5.41) is 10.5. The van der Waals surface area contributed by atoms with E-state index in [1.54, 1.807) is 0 Å². The first-order valence-electron chi connectivity index (χ1n) is 7.52. The summed E-state index contributed by atoms with van der Waals surface area (Å²) in [6, 6.07) is 30.5. The standard InChI is InChI=1S/C19H16N4.ClH2/c1-4-10-17(11-5-1)21-16-20-22(18-12-6-2-7-13-18)23(21)19-14-8-3-9-15-19;/h1-16H;1H2/q;+1. The zero-order valence-electron chi connectivity index (χ0n) is 13.0. The van der Waals surface area contributed by atoms with Gasteiger partial charge >= 0.3 is 0 Å². The summed E-state index contributed by atoms with van der Waals surface area (Å²) in [5.74, 6) is 0. The first-order valence-corrected chi connectivity index (χ1v) is 7.52. The third kappa shape index (κ3) is 2.92. The SMILES string of the molecule is C1=NN(c2ccccc2)N(c2ccccc2)N1c1ccccc1.[ClH2+]. The molecule has 0 aromatic heterocycles. The molecule has 0 unspecified atom stereocenters. The number of anilines is 3. The second kappa shape index (κ2) is 7.06. The molecule has 24 heavy (non-hydrogen) atoms. The van der Waals surface area contributed by atoms with Crippen molar-refractivity contribution >= 4 is 23.4 Å². The van der Waals surface area contributed by atoms with Crippen molar-refractivity contribution in [2.24, 2.45) is 5.10 Å². The lowest BCUT2D eigenvalue weighted by atomic mass is 10.3. The number of hydrazine groups is 2. The summed E-state index contributed by atoms with van der Waals surface area (Å²) < 4.78 is 0. The first kappa shape index (κ1) is 15.9. The van der Waals surface area contributed by atoms with E-state index in [1.165, 1.54) is 0 Å². The molecule has 0 N–H and O–H groups in total. The average molecular weight is 338 g/mol. The molecule has 0 saturated heterocycles. The topological polar surface area (TPSA) is 22.1 Å². The fourth-order valence-corrected chi connectivity index (χ4v) is 2.58. The Morgan fingerprint density at radius 2 is 1.00 bits per heavy atom. The molecule has 0 saturated carbocycles. The minimum atomic E-state index is 0. The lowest BCUT2D eigenvalue weighted by Gasteiger charge is -2.34. The summed E-state index contributed by atoms with van der Waals surface area (Å²) in [4.78, 5) is 0. The van der Waals surface area contributed by atoms with Crippen LogP contribution in [0.4, 0.5) is 17.1 Å². The van der Waals surface area contributed by atoms with Crippen LogP contribution >= 0.6 is 0 Å². The Bertz CT molecular complexity index is 744. The van der Waals surface area contributed by atoms with Gasteiger partial charge in [-0.05, 0) is 36.4 Å². The molecule has 3 aromatic carbocycles. The predicted molar refractivity (Wildman–Crippen MR) is 98.0 cm³/mol. The van der Waals surface area contributed by atoms with Crippen LogP contribution in [0.2, 0.25) is 0 Å². The molecule has 0 fully saturated rings. The highest BCUT2D eigenvalue weighted by Gasteiger charge is 2.28. The maximum absolute atomic E-state index is 4.58. The van der Waals surface area contributed by atoms with Crippen LogP contribution in [0.3, 0.4) is 0 Å². The number of benzene rings is 3. The van der Waals surface area contributed by atoms with Crippen LogP contribution in [0.1, 0.15) is 0 Å². The first-order chi connectivity index (χ1) is 11.4. The molecule has 1 aliphatic rings. The van der Waals surface area contributed by atoms with E-state index in [0.717, 1.165) is 17.1 Å². The number of hydrogen-bond acceptors (Lipinski definition) is 4. The Morgan fingerprint density at radius 1 is 0.542 bits per heavy atom. The third-order valence-corrected chi connectivity index (χ3v) is 3.65. The second-order valence-corrected chi connectivity index (χ2v) is 5.16. The van der Waals surface area contributed by atoms with E-state index in [1.807, 2.05) is 88.3 Å². The molecule has 1 heterocycles. The molecule has 0 aliphatic carbocycles. The molecule has 5 heteroatoms. The van der Waals surface area contributed by atoms with E-state index in [-0.39, 0.29) is 12.4 Å². The molecular weight excluding hydrogens is 320 g/mol. The van der Waals surface area contributed by atoms with Crippen molar-refractivity contribution in [3.05, 3.63) is 91.0 Å². The fraction of sp³-hybridized carbons (Fsp3) is 0. The quantitative estimate of drug-likeness (QED) is 0.726. The molecule has 0 amide bonds. The normalized spacial score (nSPS) is 13.1. The lowest BCUT2D eigenvalue weighted by Crippen LogP contribution is -2.46. The molecule has 0 radical (unpaired) electrons. The molecular formula is C19H18ClN4+. The Balaban J connectivity index is 0.00000169. The minimum Gasteiger partial charge on any atom is -0.220 e. The maximum atomic E-state index is 4.58. The number of para-hydroxylation sites is 3. The fourth-order valence-electron chi connectivity index (χ4n) is 2.58. The smallest absolute Gasteiger partial charge is 0.140 e. The van der Waals surface area contributed by atoms with Gasteiger partial charge < -0.3 is 0 Å². The van der Waals surface area contributed by atoms with Crippen molar-refractivity contribution in [1.29, 1.82) is 0 Å². The summed E-state index contributed by atoms with van der Waals surface area (Å²) >= 11 is 0. The molecule has 1 aliphatic heterocycles. The van der Waals surface area contributed by atoms with E-state index >= 15 is 0 Å². The molecule has 120 valence electrons. The van der Waals surface area contributed by atoms with Crippen molar-refractivity contribution in [2.45, 2.75) is 0 Å². The van der Waals surface area contributed by atoms with Gasteiger partial charge in [0.15, 0.2) is 0 Å². The van der Waals surface area contributed by atoms with Crippen LogP contribution < -0.4 is 15.2 Å². The number of rotatable bonds is 3. The molecule has 4 nitrogen and oxygen atoms in total. The number of nitrogens with zero attached hydrogens (tertiary/aromatic N) is 4. The van der Waals surface area contributed by atoms with Crippen LogP contribution in [-0.2, 0) is 0 Å². The van der Waals surface area contributed by atoms with Crippen LogP contribution in [-0.4, -0.2) is 6.34 Å². The summed E-state index contributed by atoms with van der Waals surface area (Å²) in [6.07, 6.45) is 1.83. The monoisotopic (exact) mass is 337 g/mol. The molecule has 0 bridgehead atoms. The Hall–Kier alpha value is -2.98. The van der Waals surface area contributed by atoms with Gasteiger partial charge in [0, 0.05) is 0 Å². The van der Waals surface area contributed by atoms with Crippen LogP contribution in [0.5, 0.6) is 0 Å². The van der Waals surface area contributed by atoms with E-state index < -0.39 is 0 Å². The van der Waals surface area contributed by atoms with Gasteiger partial charge in [0.1, 0.15) is 6.34 Å². The number of hydrazone groups is 1. The van der Waals surface area contributed by atoms with E-state index in [0.29, 0.717) is 0 Å². The van der Waals surface area contributed by atoms with Gasteiger partial charge in [0.25, 0.3) is 0 Å². The zero-order valence-corrected chi connectivity index (χ0v) is 13.9. The van der Waals surface area contributed by atoms with Crippen LogP contribution in [0, 0.1) is 12.4 Å². The number of hydrogen-bond donors (Lipinski definition) is 0. The Kier molecular flexibility index (Phi) is 4.68.